The van der Waals surface area contributed by atoms with Crippen molar-refractivity contribution in [2.45, 2.75) is 13.8 Å². The number of allylic oxidation sites excluding steroid dienone is 3. The summed E-state index contributed by atoms with van der Waals surface area (Å²) in [4.78, 5) is 0. The summed E-state index contributed by atoms with van der Waals surface area (Å²) in [6, 6.07) is 3.53. The number of hydrogen-bond acceptors (Lipinski definition) is 2. The standard InChI is InChI=1S/C4H5N.C3H5Cl.C3H3N/c1-4(2)3-5;1-3(2)4;1-2-3-4/h1H2,2H3;1H2,2H3;2H,1H2. The van der Waals surface area contributed by atoms with Gasteiger partial charge >= 0.3 is 0 Å². The Morgan fingerprint density at radius 1 is 1.31 bits per heavy atom. The first-order chi connectivity index (χ1) is 5.92. The predicted molar refractivity (Wildman–Crippen MR) is 56.9 cm³/mol. The van der Waals surface area contributed by atoms with Crippen LogP contribution in [0.25, 0.3) is 0 Å². The SMILES string of the molecule is C=C(C)C#N.C=C(C)Cl.C=CC#N. The number of nitrogens with zero attached hydrogens (tertiary/aromatic N) is 2. The highest BCUT2D eigenvalue weighted by Crippen LogP contribution is 1.87. The Kier molecular flexibility index (Phi) is 22.7. The van der Waals surface area contributed by atoms with Gasteiger partial charge in [0.25, 0.3) is 0 Å². The fourth-order valence-electron chi connectivity index (χ4n) is 0. The first-order valence-electron chi connectivity index (χ1n) is 3.29. The lowest BCUT2D eigenvalue weighted by molar-refractivity contribution is 1.46. The van der Waals surface area contributed by atoms with Crippen LogP contribution in [0.2, 0.25) is 0 Å². The molecule has 0 heterocycles. The topological polar surface area (TPSA) is 47.6 Å². The van der Waals surface area contributed by atoms with Gasteiger partial charge in [0.1, 0.15) is 0 Å². The molecule has 2 nitrogen and oxygen atoms in total. The monoisotopic (exact) mass is 196 g/mol. The molecule has 0 fully saturated rings. The summed E-state index contributed by atoms with van der Waals surface area (Å²) in [5.41, 5.74) is 0.560. The van der Waals surface area contributed by atoms with Gasteiger partial charge in [0.2, 0.25) is 0 Å². The maximum Gasteiger partial charge on any atom is 0.0937 e. The third kappa shape index (κ3) is 341. The maximum absolute atomic E-state index is 7.79. The van der Waals surface area contributed by atoms with Crippen LogP contribution >= 0.6 is 11.6 Å². The van der Waals surface area contributed by atoms with E-state index in [2.05, 4.69) is 19.7 Å². The molecule has 70 valence electrons. The molecule has 0 aromatic carbocycles. The van der Waals surface area contributed by atoms with E-state index < -0.39 is 0 Å². The highest BCUT2D eigenvalue weighted by molar-refractivity contribution is 6.28. The second-order valence-corrected chi connectivity index (χ2v) is 2.55. The Balaban J connectivity index is -0.000000117. The van der Waals surface area contributed by atoms with E-state index in [-0.39, 0.29) is 0 Å². The van der Waals surface area contributed by atoms with E-state index >= 15 is 0 Å². The minimum Gasteiger partial charge on any atom is -0.193 e. The van der Waals surface area contributed by atoms with Crippen LogP contribution in [0.3, 0.4) is 0 Å². The molecule has 0 aliphatic rings. The summed E-state index contributed by atoms with van der Waals surface area (Å²) in [5, 5.41) is 15.9. The molecule has 0 aliphatic heterocycles. The summed E-state index contributed by atoms with van der Waals surface area (Å²) in [6.07, 6.45) is 1.18. The molecule has 0 atom stereocenters. The van der Waals surface area contributed by atoms with Gasteiger partial charge < -0.3 is 0 Å². The van der Waals surface area contributed by atoms with Crippen LogP contribution in [-0.2, 0) is 0 Å². The van der Waals surface area contributed by atoms with Gasteiger partial charge in [0.05, 0.1) is 12.1 Å². The van der Waals surface area contributed by atoms with Crippen molar-refractivity contribution in [2.24, 2.45) is 0 Å². The Morgan fingerprint density at radius 2 is 1.46 bits per heavy atom. The van der Waals surface area contributed by atoms with E-state index in [0.717, 1.165) is 0 Å². The van der Waals surface area contributed by atoms with Gasteiger partial charge in [-0.3, -0.25) is 0 Å². The van der Waals surface area contributed by atoms with Crippen molar-refractivity contribution in [3.63, 3.8) is 0 Å². The first kappa shape index (κ1) is 17.5. The van der Waals surface area contributed by atoms with Crippen LogP contribution in [0.1, 0.15) is 13.8 Å². The number of rotatable bonds is 0. The van der Waals surface area contributed by atoms with Crippen LogP contribution in [0.5, 0.6) is 0 Å². The zero-order valence-corrected chi connectivity index (χ0v) is 8.73. The van der Waals surface area contributed by atoms with E-state index in [0.29, 0.717) is 10.6 Å². The largest absolute Gasteiger partial charge is 0.193 e. The lowest BCUT2D eigenvalue weighted by Gasteiger charge is -1.61. The van der Waals surface area contributed by atoms with Crippen molar-refractivity contribution in [1.29, 1.82) is 10.5 Å². The molecule has 0 bridgehead atoms. The van der Waals surface area contributed by atoms with Crippen LogP contribution < -0.4 is 0 Å². The highest BCUT2D eigenvalue weighted by atomic mass is 35.5. The van der Waals surface area contributed by atoms with E-state index in [4.69, 9.17) is 22.1 Å². The summed E-state index contributed by atoms with van der Waals surface area (Å²) in [7, 11) is 0. The molecule has 0 amide bonds. The third-order valence-corrected chi connectivity index (χ3v) is 0.282. The minimum absolute atomic E-state index is 0.560. The molecule has 0 unspecified atom stereocenters. The van der Waals surface area contributed by atoms with Gasteiger partial charge in [0, 0.05) is 16.7 Å². The molecule has 0 spiro atoms. The van der Waals surface area contributed by atoms with E-state index in [1.807, 2.05) is 6.07 Å². The lowest BCUT2D eigenvalue weighted by Crippen LogP contribution is -1.51. The summed E-state index contributed by atoms with van der Waals surface area (Å²) in [5.74, 6) is 0. The molecule has 0 aromatic rings. The molecule has 0 saturated heterocycles. The van der Waals surface area contributed by atoms with Crippen molar-refractivity contribution in [3.05, 3.63) is 36.4 Å². The van der Waals surface area contributed by atoms with Gasteiger partial charge in [-0.05, 0) is 13.8 Å². The molecule has 0 rings (SSSR count). The quantitative estimate of drug-likeness (QED) is 0.557. The summed E-state index contributed by atoms with van der Waals surface area (Å²) >= 11 is 5.08. The van der Waals surface area contributed by atoms with Crippen molar-refractivity contribution in [1.82, 2.24) is 0 Å². The smallest absolute Gasteiger partial charge is 0.0937 e. The van der Waals surface area contributed by atoms with E-state index in [1.54, 1.807) is 19.9 Å². The highest BCUT2D eigenvalue weighted by Gasteiger charge is 1.64. The van der Waals surface area contributed by atoms with Crippen LogP contribution in [0.15, 0.2) is 36.4 Å². The Labute approximate surface area is 85.1 Å². The van der Waals surface area contributed by atoms with Crippen molar-refractivity contribution in [2.75, 3.05) is 0 Å². The normalized spacial score (nSPS) is 5.31. The molecule has 0 radical (unpaired) electrons. The van der Waals surface area contributed by atoms with Crippen molar-refractivity contribution in [3.8, 4) is 12.1 Å². The fourth-order valence-corrected chi connectivity index (χ4v) is 0. The van der Waals surface area contributed by atoms with Crippen LogP contribution in [0.4, 0.5) is 0 Å². The van der Waals surface area contributed by atoms with Crippen molar-refractivity contribution < 1.29 is 0 Å². The predicted octanol–water partition coefficient (Wildman–Crippen LogP) is 3.54. The maximum atomic E-state index is 7.79. The first-order valence-corrected chi connectivity index (χ1v) is 3.67. The molecule has 3 heteroatoms. The fraction of sp³-hybridized carbons (Fsp3) is 0.200. The van der Waals surface area contributed by atoms with E-state index in [9.17, 15) is 0 Å². The van der Waals surface area contributed by atoms with E-state index in [1.165, 1.54) is 6.08 Å². The Morgan fingerprint density at radius 3 is 1.46 bits per heavy atom. The third-order valence-electron chi connectivity index (χ3n) is 0.282. The Hall–Kier alpha value is -1.51. The molecule has 13 heavy (non-hydrogen) atoms. The molecule has 0 aromatic heterocycles. The van der Waals surface area contributed by atoms with Crippen LogP contribution in [0, 0.1) is 22.7 Å². The average Bonchev–Trinajstić information content (AvgIpc) is 2.04. The molecular formula is C10H13ClN2. The van der Waals surface area contributed by atoms with Gasteiger partial charge in [0.15, 0.2) is 0 Å². The number of halogens is 1. The Bertz CT molecular complexity index is 237. The number of hydrogen-bond donors (Lipinski definition) is 0. The second kappa shape index (κ2) is 16.8. The summed E-state index contributed by atoms with van der Waals surface area (Å²) in [6.45, 7) is 13.2. The number of nitriles is 2. The zero-order valence-electron chi connectivity index (χ0n) is 7.97. The zero-order chi connectivity index (χ0) is 11.3. The van der Waals surface area contributed by atoms with Crippen LogP contribution in [-0.4, -0.2) is 0 Å². The molecular weight excluding hydrogens is 184 g/mol. The lowest BCUT2D eigenvalue weighted by atomic mass is 10.4. The molecule has 0 N–H and O–H groups in total. The van der Waals surface area contributed by atoms with Crippen molar-refractivity contribution >= 4 is 11.6 Å². The van der Waals surface area contributed by atoms with Gasteiger partial charge in [-0.1, -0.05) is 31.3 Å². The average molecular weight is 197 g/mol. The molecule has 0 aliphatic carbocycles. The molecule has 0 saturated carbocycles. The van der Waals surface area contributed by atoms with Gasteiger partial charge in [-0.25, -0.2) is 0 Å². The van der Waals surface area contributed by atoms with Gasteiger partial charge in [-0.15, -0.1) is 0 Å². The second-order valence-electron chi connectivity index (χ2n) is 1.90. The summed E-state index contributed by atoms with van der Waals surface area (Å²) < 4.78 is 0. The van der Waals surface area contributed by atoms with Gasteiger partial charge in [-0.2, -0.15) is 10.5 Å². The minimum atomic E-state index is 0.560.